The molecule has 1 aromatic rings. The molecule has 1 aliphatic heterocycles. The summed E-state index contributed by atoms with van der Waals surface area (Å²) in [5.74, 6) is 0.565. The smallest absolute Gasteiger partial charge is 0.267 e. The van der Waals surface area contributed by atoms with Crippen molar-refractivity contribution in [3.05, 3.63) is 35.9 Å². The fourth-order valence-corrected chi connectivity index (χ4v) is 3.20. The Hall–Kier alpha value is -1.50. The summed E-state index contributed by atoms with van der Waals surface area (Å²) in [6.07, 6.45) is 5.30. The third-order valence-electron chi connectivity index (χ3n) is 3.69. The normalized spacial score (nSPS) is 16.2. The van der Waals surface area contributed by atoms with Crippen molar-refractivity contribution in [2.75, 3.05) is 23.7 Å². The summed E-state index contributed by atoms with van der Waals surface area (Å²) < 4.78 is 3.50. The average Bonchev–Trinajstić information content (AvgIpc) is 2.58. The van der Waals surface area contributed by atoms with Gasteiger partial charge in [-0.3, -0.25) is 14.7 Å². The van der Waals surface area contributed by atoms with E-state index in [1.165, 1.54) is 6.08 Å². The number of carbonyl (C=O) groups excluding carboxylic acids is 1. The molecule has 3 N–H and O–H groups in total. The van der Waals surface area contributed by atoms with Crippen molar-refractivity contribution in [1.29, 1.82) is 0 Å². The van der Waals surface area contributed by atoms with Crippen molar-refractivity contribution >= 4 is 29.6 Å². The molecule has 2 rings (SSSR count). The highest BCUT2D eigenvalue weighted by Crippen LogP contribution is 2.25. The van der Waals surface area contributed by atoms with Crippen molar-refractivity contribution in [3.63, 3.8) is 0 Å². The molecule has 1 aromatic carbocycles. The summed E-state index contributed by atoms with van der Waals surface area (Å²) in [4.78, 5) is 13.5. The van der Waals surface area contributed by atoms with Gasteiger partial charge in [0.1, 0.15) is 0 Å². The maximum atomic E-state index is 11.1. The zero-order chi connectivity index (χ0) is 15.8. The van der Waals surface area contributed by atoms with Crippen molar-refractivity contribution in [2.24, 2.45) is 0 Å². The molecule has 0 unspecified atom stereocenters. The zero-order valence-electron chi connectivity index (χ0n) is 12.8. The zero-order valence-corrected chi connectivity index (χ0v) is 13.6. The third-order valence-corrected chi connectivity index (χ3v) is 4.48. The van der Waals surface area contributed by atoms with Crippen LogP contribution in [0, 0.1) is 0 Å². The third kappa shape index (κ3) is 4.76. The number of piperidine rings is 1. The molecule has 0 saturated carbocycles. The van der Waals surface area contributed by atoms with Gasteiger partial charge in [-0.2, -0.15) is 0 Å². The highest BCUT2D eigenvalue weighted by molar-refractivity contribution is 7.97. The van der Waals surface area contributed by atoms with Gasteiger partial charge < -0.3 is 4.90 Å². The van der Waals surface area contributed by atoms with Gasteiger partial charge in [0.25, 0.3) is 5.91 Å². The van der Waals surface area contributed by atoms with Gasteiger partial charge in [0.2, 0.25) is 0 Å². The Balaban J connectivity index is 2.01. The summed E-state index contributed by atoms with van der Waals surface area (Å²) in [5.41, 5.74) is 3.73. The van der Waals surface area contributed by atoms with Crippen LogP contribution in [0.1, 0.15) is 25.3 Å². The molecule has 22 heavy (non-hydrogen) atoms. The van der Waals surface area contributed by atoms with E-state index in [0.717, 1.165) is 42.9 Å². The first-order chi connectivity index (χ1) is 10.7. The Bertz CT molecular complexity index is 514. The summed E-state index contributed by atoms with van der Waals surface area (Å²) in [6, 6.07) is 8.59. The Labute approximate surface area is 135 Å². The number of rotatable bonds is 6. The van der Waals surface area contributed by atoms with Gasteiger partial charge in [-0.15, -0.1) is 0 Å². The molecule has 1 fully saturated rings. The summed E-state index contributed by atoms with van der Waals surface area (Å²) in [6.45, 7) is 4.15. The minimum atomic E-state index is -0.519. The van der Waals surface area contributed by atoms with E-state index in [0.29, 0.717) is 6.04 Å². The molecule has 0 aromatic heterocycles. The van der Waals surface area contributed by atoms with E-state index in [9.17, 15) is 4.79 Å². The van der Waals surface area contributed by atoms with Crippen LogP contribution in [0.25, 0.3) is 6.08 Å². The quantitative estimate of drug-likeness (QED) is 0.325. The molecule has 120 valence electrons. The maximum Gasteiger partial charge on any atom is 0.267 e. The first-order valence-electron chi connectivity index (χ1n) is 7.58. The van der Waals surface area contributed by atoms with Crippen molar-refractivity contribution < 1.29 is 10.0 Å². The molecule has 0 spiro atoms. The van der Waals surface area contributed by atoms with E-state index in [-0.39, 0.29) is 0 Å². The van der Waals surface area contributed by atoms with Crippen LogP contribution in [0.3, 0.4) is 0 Å². The first-order valence-corrected chi connectivity index (χ1v) is 8.56. The highest BCUT2D eigenvalue weighted by Gasteiger charge is 2.20. The van der Waals surface area contributed by atoms with Gasteiger partial charge >= 0.3 is 0 Å². The van der Waals surface area contributed by atoms with Crippen LogP contribution in [0.4, 0.5) is 5.69 Å². The van der Waals surface area contributed by atoms with Gasteiger partial charge in [0.05, 0.1) is 0 Å². The Morgan fingerprint density at radius 3 is 2.82 bits per heavy atom. The fourth-order valence-electron chi connectivity index (χ4n) is 2.56. The number of nitrogens with one attached hydrogen (secondary N) is 2. The van der Waals surface area contributed by atoms with Crippen LogP contribution >= 0.6 is 11.9 Å². The van der Waals surface area contributed by atoms with E-state index in [4.69, 9.17) is 5.21 Å². The monoisotopic (exact) mass is 321 g/mol. The average molecular weight is 321 g/mol. The highest BCUT2D eigenvalue weighted by atomic mass is 32.2. The molecule has 5 nitrogen and oxygen atoms in total. The van der Waals surface area contributed by atoms with Crippen LogP contribution in [-0.2, 0) is 4.79 Å². The van der Waals surface area contributed by atoms with Gasteiger partial charge in [-0.1, -0.05) is 37.1 Å². The molecular weight excluding hydrogens is 298 g/mol. The second kappa shape index (κ2) is 8.82. The molecule has 0 radical (unpaired) electrons. The molecule has 0 atom stereocenters. The van der Waals surface area contributed by atoms with Crippen LogP contribution in [-0.4, -0.2) is 36.0 Å². The maximum absolute atomic E-state index is 11.1. The number of carbonyl (C=O) groups is 1. The molecule has 1 heterocycles. The lowest BCUT2D eigenvalue weighted by Gasteiger charge is -2.34. The van der Waals surface area contributed by atoms with Crippen LogP contribution in [0.5, 0.6) is 0 Å². The Morgan fingerprint density at radius 2 is 2.14 bits per heavy atom. The summed E-state index contributed by atoms with van der Waals surface area (Å²) in [5, 5.41) is 8.56. The second-order valence-corrected chi connectivity index (χ2v) is 6.28. The fraction of sp³-hybridized carbons (Fsp3) is 0.438. The largest absolute Gasteiger partial charge is 0.371 e. The molecule has 6 heteroatoms. The van der Waals surface area contributed by atoms with Crippen molar-refractivity contribution in [1.82, 2.24) is 10.2 Å². The van der Waals surface area contributed by atoms with E-state index in [1.54, 1.807) is 23.5 Å². The molecule has 1 saturated heterocycles. The van der Waals surface area contributed by atoms with Crippen LogP contribution < -0.4 is 15.1 Å². The summed E-state index contributed by atoms with van der Waals surface area (Å²) >= 11 is 1.78. The number of hydrogen-bond acceptors (Lipinski definition) is 5. The van der Waals surface area contributed by atoms with Crippen molar-refractivity contribution in [2.45, 2.75) is 25.8 Å². The van der Waals surface area contributed by atoms with Gasteiger partial charge in [0, 0.05) is 36.6 Å². The lowest BCUT2D eigenvalue weighted by Crippen LogP contribution is -2.40. The predicted octanol–water partition coefficient (Wildman–Crippen LogP) is 2.43. The number of benzene rings is 1. The van der Waals surface area contributed by atoms with Gasteiger partial charge in [0.15, 0.2) is 0 Å². The van der Waals surface area contributed by atoms with E-state index in [1.807, 2.05) is 18.2 Å². The number of hydroxylamine groups is 1. The lowest BCUT2D eigenvalue weighted by atomic mass is 10.0. The van der Waals surface area contributed by atoms with Crippen LogP contribution in [0.2, 0.25) is 0 Å². The van der Waals surface area contributed by atoms with E-state index in [2.05, 4.69) is 22.6 Å². The Morgan fingerprint density at radius 1 is 1.41 bits per heavy atom. The summed E-state index contributed by atoms with van der Waals surface area (Å²) in [7, 11) is 0. The topological polar surface area (TPSA) is 64.6 Å². The molecule has 1 amide bonds. The number of para-hydroxylation sites is 1. The Kier molecular flexibility index (Phi) is 6.76. The van der Waals surface area contributed by atoms with Crippen LogP contribution in [0.15, 0.2) is 30.3 Å². The minimum Gasteiger partial charge on any atom is -0.371 e. The van der Waals surface area contributed by atoms with Gasteiger partial charge in [-0.25, -0.2) is 5.48 Å². The molecular formula is C16H23N3O2S. The number of hydrogen-bond donors (Lipinski definition) is 3. The predicted molar refractivity (Wildman–Crippen MR) is 91.9 cm³/mol. The standard InChI is InChI=1S/C16H23N3O2S/c1-2-22-18-14-9-11-19(12-10-14)15-6-4-3-5-13(15)7-8-16(20)17-21/h3-8,14,18,21H,2,9-12H2,1H3,(H,17,20)/b8-7+. The first kappa shape index (κ1) is 16.9. The molecule has 0 aliphatic carbocycles. The van der Waals surface area contributed by atoms with Crippen molar-refractivity contribution in [3.8, 4) is 0 Å². The number of nitrogens with zero attached hydrogens (tertiary/aromatic N) is 1. The number of amides is 1. The van der Waals surface area contributed by atoms with E-state index < -0.39 is 5.91 Å². The molecule has 0 bridgehead atoms. The SMILES string of the molecule is CCSNC1CCN(c2ccccc2/C=C/C(=O)NO)CC1. The lowest BCUT2D eigenvalue weighted by molar-refractivity contribution is -0.124. The second-order valence-electron chi connectivity index (χ2n) is 5.18. The van der Waals surface area contributed by atoms with E-state index >= 15 is 0 Å². The number of anilines is 1. The molecule has 1 aliphatic rings. The van der Waals surface area contributed by atoms with Gasteiger partial charge in [-0.05, 0) is 30.5 Å². The minimum absolute atomic E-state index is 0.519.